The minimum atomic E-state index is -0.392. The van der Waals surface area contributed by atoms with Gasteiger partial charge in [0.15, 0.2) is 0 Å². The molecule has 0 aliphatic carbocycles. The molecule has 2 rings (SSSR count). The summed E-state index contributed by atoms with van der Waals surface area (Å²) in [6, 6.07) is 6.55. The number of hydrogen-bond acceptors (Lipinski definition) is 2. The Bertz CT molecular complexity index is 509. The van der Waals surface area contributed by atoms with Crippen molar-refractivity contribution < 1.29 is 4.39 Å². The van der Waals surface area contributed by atoms with Crippen molar-refractivity contribution in [1.82, 2.24) is 0 Å². The summed E-state index contributed by atoms with van der Waals surface area (Å²) < 4.78 is 14.6. The lowest BCUT2D eigenvalue weighted by Gasteiger charge is -2.11. The summed E-state index contributed by atoms with van der Waals surface area (Å²) >= 11 is 4.90. The molecule has 1 aromatic carbocycles. The summed E-state index contributed by atoms with van der Waals surface area (Å²) in [5, 5.41) is 1.95. The first-order chi connectivity index (χ1) is 7.58. The van der Waals surface area contributed by atoms with Crippen LogP contribution in [-0.2, 0) is 0 Å². The normalized spacial score (nSPS) is 12.8. The SMILES string of the molecule is Cc1ccc(F)c(C(N)c2cc(Br)cs2)c1. The van der Waals surface area contributed by atoms with Crippen LogP contribution >= 0.6 is 27.3 Å². The highest BCUT2D eigenvalue weighted by atomic mass is 79.9. The fourth-order valence-electron chi connectivity index (χ4n) is 1.55. The van der Waals surface area contributed by atoms with Gasteiger partial charge in [-0.1, -0.05) is 17.7 Å². The van der Waals surface area contributed by atoms with Gasteiger partial charge in [-0.2, -0.15) is 0 Å². The van der Waals surface area contributed by atoms with E-state index in [0.29, 0.717) is 5.56 Å². The average Bonchev–Trinajstić information content (AvgIpc) is 2.67. The quantitative estimate of drug-likeness (QED) is 0.891. The largest absolute Gasteiger partial charge is 0.320 e. The standard InChI is InChI=1S/C12H11BrFNS/c1-7-2-3-10(14)9(4-7)12(15)11-5-8(13)6-16-11/h2-6,12H,15H2,1H3. The fraction of sp³-hybridized carbons (Fsp3) is 0.167. The molecule has 1 aromatic heterocycles. The molecule has 4 heteroatoms. The zero-order valence-corrected chi connectivity index (χ0v) is 11.1. The van der Waals surface area contributed by atoms with Gasteiger partial charge in [0.05, 0.1) is 6.04 Å². The van der Waals surface area contributed by atoms with Gasteiger partial charge in [0.25, 0.3) is 0 Å². The second kappa shape index (κ2) is 4.65. The maximum Gasteiger partial charge on any atom is 0.128 e. The number of halogens is 2. The van der Waals surface area contributed by atoms with Gasteiger partial charge >= 0.3 is 0 Å². The van der Waals surface area contributed by atoms with Crippen LogP contribution in [0.2, 0.25) is 0 Å². The third-order valence-corrected chi connectivity index (χ3v) is 4.16. The molecule has 0 aliphatic rings. The van der Waals surface area contributed by atoms with Crippen molar-refractivity contribution in [3.05, 3.63) is 55.9 Å². The molecule has 84 valence electrons. The van der Waals surface area contributed by atoms with Crippen LogP contribution in [0.4, 0.5) is 4.39 Å². The third kappa shape index (κ3) is 2.34. The number of aryl methyl sites for hydroxylation is 1. The first-order valence-electron chi connectivity index (χ1n) is 4.83. The second-order valence-corrected chi connectivity index (χ2v) is 5.53. The van der Waals surface area contributed by atoms with Crippen LogP contribution in [0.5, 0.6) is 0 Å². The van der Waals surface area contributed by atoms with Gasteiger partial charge in [0.2, 0.25) is 0 Å². The molecule has 0 aliphatic heterocycles. The van der Waals surface area contributed by atoms with E-state index in [1.54, 1.807) is 12.1 Å². The van der Waals surface area contributed by atoms with Crippen molar-refractivity contribution in [2.24, 2.45) is 5.73 Å². The van der Waals surface area contributed by atoms with Gasteiger partial charge in [-0.15, -0.1) is 11.3 Å². The zero-order valence-electron chi connectivity index (χ0n) is 8.71. The lowest BCUT2D eigenvalue weighted by atomic mass is 10.0. The number of hydrogen-bond donors (Lipinski definition) is 1. The first kappa shape index (κ1) is 11.8. The summed E-state index contributed by atoms with van der Waals surface area (Å²) in [6.45, 7) is 1.93. The Hall–Kier alpha value is -0.710. The summed E-state index contributed by atoms with van der Waals surface area (Å²) in [6.07, 6.45) is 0. The Kier molecular flexibility index (Phi) is 3.42. The number of rotatable bonds is 2. The Labute approximate surface area is 106 Å². The molecule has 1 heterocycles. The van der Waals surface area contributed by atoms with Crippen LogP contribution in [0.25, 0.3) is 0 Å². The highest BCUT2D eigenvalue weighted by Crippen LogP contribution is 2.29. The monoisotopic (exact) mass is 299 g/mol. The molecule has 0 amide bonds. The number of nitrogens with two attached hydrogens (primary N) is 1. The maximum atomic E-state index is 13.6. The van der Waals surface area contributed by atoms with E-state index in [9.17, 15) is 4.39 Å². The molecule has 0 spiro atoms. The van der Waals surface area contributed by atoms with Crippen molar-refractivity contribution in [1.29, 1.82) is 0 Å². The Morgan fingerprint density at radius 3 is 2.75 bits per heavy atom. The second-order valence-electron chi connectivity index (χ2n) is 3.67. The van der Waals surface area contributed by atoms with E-state index in [1.165, 1.54) is 17.4 Å². The molecule has 0 radical (unpaired) electrons. The summed E-state index contributed by atoms with van der Waals surface area (Å²) in [7, 11) is 0. The van der Waals surface area contributed by atoms with E-state index < -0.39 is 6.04 Å². The number of benzene rings is 1. The average molecular weight is 300 g/mol. The molecule has 1 unspecified atom stereocenters. The summed E-state index contributed by atoms with van der Waals surface area (Å²) in [4.78, 5) is 0.955. The molecule has 1 nitrogen and oxygen atoms in total. The molecule has 16 heavy (non-hydrogen) atoms. The minimum absolute atomic E-state index is 0.248. The van der Waals surface area contributed by atoms with Gasteiger partial charge in [-0.05, 0) is 35.0 Å². The van der Waals surface area contributed by atoms with Crippen LogP contribution in [0.15, 0.2) is 34.1 Å². The minimum Gasteiger partial charge on any atom is -0.320 e. The molecule has 1 atom stereocenters. The molecule has 2 N–H and O–H groups in total. The van der Waals surface area contributed by atoms with Crippen molar-refractivity contribution >= 4 is 27.3 Å². The van der Waals surface area contributed by atoms with E-state index in [4.69, 9.17) is 5.73 Å². The van der Waals surface area contributed by atoms with Gasteiger partial charge in [0, 0.05) is 20.3 Å². The molecule has 0 saturated carbocycles. The maximum absolute atomic E-state index is 13.6. The molecule has 0 saturated heterocycles. The van der Waals surface area contributed by atoms with E-state index in [1.807, 2.05) is 18.4 Å². The Balaban J connectivity index is 2.40. The van der Waals surface area contributed by atoms with Gasteiger partial charge in [-0.25, -0.2) is 4.39 Å². The van der Waals surface area contributed by atoms with E-state index >= 15 is 0 Å². The fourth-order valence-corrected chi connectivity index (χ4v) is 3.01. The van der Waals surface area contributed by atoms with E-state index in [-0.39, 0.29) is 5.82 Å². The third-order valence-electron chi connectivity index (χ3n) is 2.38. The predicted molar refractivity (Wildman–Crippen MR) is 69.2 cm³/mol. The highest BCUT2D eigenvalue weighted by molar-refractivity contribution is 9.10. The number of thiophene rings is 1. The lowest BCUT2D eigenvalue weighted by molar-refractivity contribution is 0.600. The van der Waals surface area contributed by atoms with Gasteiger partial charge in [0.1, 0.15) is 5.82 Å². The van der Waals surface area contributed by atoms with Crippen LogP contribution in [0, 0.1) is 12.7 Å². The highest BCUT2D eigenvalue weighted by Gasteiger charge is 2.15. The molecule has 2 aromatic rings. The topological polar surface area (TPSA) is 26.0 Å². The summed E-state index contributed by atoms with van der Waals surface area (Å²) in [5.74, 6) is -0.248. The molecule has 0 fully saturated rings. The molecular formula is C12H11BrFNS. The molecular weight excluding hydrogens is 289 g/mol. The Morgan fingerprint density at radius 2 is 2.12 bits per heavy atom. The van der Waals surface area contributed by atoms with Crippen LogP contribution < -0.4 is 5.73 Å². The van der Waals surface area contributed by atoms with Gasteiger partial charge in [-0.3, -0.25) is 0 Å². The Morgan fingerprint density at radius 1 is 1.38 bits per heavy atom. The summed E-state index contributed by atoms with van der Waals surface area (Å²) in [5.41, 5.74) is 7.62. The van der Waals surface area contributed by atoms with Crippen molar-refractivity contribution in [2.45, 2.75) is 13.0 Å². The van der Waals surface area contributed by atoms with E-state index in [0.717, 1.165) is 14.9 Å². The predicted octanol–water partition coefficient (Wildman–Crippen LogP) is 4.01. The van der Waals surface area contributed by atoms with E-state index in [2.05, 4.69) is 15.9 Å². The first-order valence-corrected chi connectivity index (χ1v) is 6.51. The van der Waals surface area contributed by atoms with Crippen molar-refractivity contribution in [3.8, 4) is 0 Å². The van der Waals surface area contributed by atoms with Crippen molar-refractivity contribution in [3.63, 3.8) is 0 Å². The van der Waals surface area contributed by atoms with Crippen molar-refractivity contribution in [2.75, 3.05) is 0 Å². The zero-order chi connectivity index (χ0) is 11.7. The van der Waals surface area contributed by atoms with Crippen LogP contribution in [0.3, 0.4) is 0 Å². The lowest BCUT2D eigenvalue weighted by Crippen LogP contribution is -2.12. The molecule has 0 bridgehead atoms. The smallest absolute Gasteiger partial charge is 0.128 e. The van der Waals surface area contributed by atoms with Crippen LogP contribution in [-0.4, -0.2) is 0 Å². The van der Waals surface area contributed by atoms with Gasteiger partial charge < -0.3 is 5.73 Å². The van der Waals surface area contributed by atoms with Crippen LogP contribution in [0.1, 0.15) is 22.0 Å².